The van der Waals surface area contributed by atoms with E-state index in [1.165, 1.54) is 38.4 Å². The minimum atomic E-state index is -4.11. The van der Waals surface area contributed by atoms with Gasteiger partial charge in [-0.25, -0.2) is 35.5 Å². The number of primary sulfonamides is 1. The van der Waals surface area contributed by atoms with Crippen LogP contribution in [-0.4, -0.2) is 119 Å². The van der Waals surface area contributed by atoms with Crippen LogP contribution in [0.5, 0.6) is 11.5 Å². The third kappa shape index (κ3) is 16.6. The van der Waals surface area contributed by atoms with Crippen molar-refractivity contribution in [3.05, 3.63) is 191 Å². The molecule has 2 aromatic heterocycles. The highest BCUT2D eigenvalue weighted by Crippen LogP contribution is 2.39. The van der Waals surface area contributed by atoms with Crippen LogP contribution in [0.3, 0.4) is 0 Å². The zero-order chi connectivity index (χ0) is 63.7. The van der Waals surface area contributed by atoms with E-state index in [-0.39, 0.29) is 79.1 Å². The van der Waals surface area contributed by atoms with E-state index < -0.39 is 37.6 Å². The molecule has 0 radical (unpaired) electrons. The molecule has 0 bridgehead atoms. The topological polar surface area (TPSA) is 231 Å². The quantitative estimate of drug-likeness (QED) is 0.0650. The Hall–Kier alpha value is -8.38. The zero-order valence-corrected chi connectivity index (χ0v) is 53.5. The third-order valence-corrected chi connectivity index (χ3v) is 16.8. The summed E-state index contributed by atoms with van der Waals surface area (Å²) in [4.78, 5) is 40.7. The monoisotopic (exact) mass is 1260 g/mol. The summed E-state index contributed by atoms with van der Waals surface area (Å²) >= 11 is 0. The highest BCUT2D eigenvalue weighted by atomic mass is 35.5. The van der Waals surface area contributed by atoms with Gasteiger partial charge in [0.1, 0.15) is 28.8 Å². The number of hydrogen-bond acceptors (Lipinski definition) is 11. The molecule has 0 spiro atoms. The summed E-state index contributed by atoms with van der Waals surface area (Å²) in [5, 5.41) is 9.20. The predicted octanol–water partition coefficient (Wildman–Crippen LogP) is 11.3. The second-order valence-corrected chi connectivity index (χ2v) is 25.4. The maximum absolute atomic E-state index is 15.6. The lowest BCUT2D eigenvalue weighted by Crippen LogP contribution is -2.32. The summed E-state index contributed by atoms with van der Waals surface area (Å²) < 4.78 is 104. The lowest BCUT2D eigenvalue weighted by molar-refractivity contribution is 0.0533. The Bertz CT molecular complexity index is 4090. The van der Waals surface area contributed by atoms with E-state index in [1.807, 2.05) is 38.1 Å². The number of methoxy groups -OCH3 is 2. The van der Waals surface area contributed by atoms with E-state index in [4.69, 9.17) is 25.1 Å². The number of sulfonamides is 2. The highest BCUT2D eigenvalue weighted by molar-refractivity contribution is 7.89. The number of alkyl carbamates (subject to hydrolysis) is 1. The highest BCUT2D eigenvalue weighted by Gasteiger charge is 2.28. The Labute approximate surface area is 519 Å². The van der Waals surface area contributed by atoms with Crippen LogP contribution in [-0.2, 0) is 51.0 Å². The molecular formula is C65H75ClF2N8O10S2. The number of rotatable bonds is 20. The first-order chi connectivity index (χ1) is 41.0. The second kappa shape index (κ2) is 29.1. The average molecular weight is 1270 g/mol. The standard InChI is InChI=1S/C43H49FN4O7S.C22H25FN4O3S.ClH/c1-29-40(38-25-33(41(49)46(5)6)16-21-39(38)48(29)28-34(44)22-23-45-42(50)55-43(2,3)4)32-10-9-11-37(24-32)56(51,52)47(26-30-12-17-35(53-7)18-13-30)27-31-14-19-36(54-8)20-15-31;1-14-21(15-5-4-6-18(11-15)31(25,29)30)19-12-16(22(28)26(2)3)7-8-20(19)27(14)13-17(23)9-10-24;/h9-22,24-25H,23,26-28H2,1-8H3,(H,45,50);4-9,11-12H,10,13,24H2,1-3H3,(H2,25,29,30);1H/b34-22-;17-9-;. The summed E-state index contributed by atoms with van der Waals surface area (Å²) in [5.74, 6) is 0.0239. The molecule has 0 aliphatic heterocycles. The van der Waals surface area contributed by atoms with Crippen LogP contribution in [0.2, 0.25) is 0 Å². The van der Waals surface area contributed by atoms with Gasteiger partial charge in [-0.2, -0.15) is 4.31 Å². The van der Waals surface area contributed by atoms with Crippen LogP contribution in [0.15, 0.2) is 167 Å². The first-order valence-corrected chi connectivity index (χ1v) is 30.6. The molecule has 2 heterocycles. The fraction of sp³-hybridized carbons (Fsp3) is 0.277. The third-order valence-electron chi connectivity index (χ3n) is 14.1. The number of hydrogen-bond donors (Lipinski definition) is 3. The summed E-state index contributed by atoms with van der Waals surface area (Å²) in [6.45, 7) is 8.84. The zero-order valence-electron chi connectivity index (χ0n) is 51.1. The molecule has 0 fully saturated rings. The molecule has 8 rings (SSSR count). The number of aromatic nitrogens is 2. The molecule has 0 saturated heterocycles. The molecule has 5 N–H and O–H groups in total. The molecule has 18 nitrogen and oxygen atoms in total. The van der Waals surface area contributed by atoms with Gasteiger partial charge in [0.15, 0.2) is 0 Å². The molecule has 6 aromatic carbocycles. The molecule has 468 valence electrons. The maximum Gasteiger partial charge on any atom is 0.407 e. The van der Waals surface area contributed by atoms with Crippen molar-refractivity contribution in [2.24, 2.45) is 10.9 Å². The normalized spacial score (nSPS) is 12.1. The van der Waals surface area contributed by atoms with E-state index in [0.717, 1.165) is 16.8 Å². The number of nitrogens with zero attached hydrogens (tertiary/aromatic N) is 5. The van der Waals surface area contributed by atoms with Crippen molar-refractivity contribution in [3.63, 3.8) is 0 Å². The molecule has 88 heavy (non-hydrogen) atoms. The van der Waals surface area contributed by atoms with Gasteiger partial charge in [0.05, 0.1) is 37.1 Å². The fourth-order valence-corrected chi connectivity index (χ4v) is 11.9. The van der Waals surface area contributed by atoms with E-state index in [9.17, 15) is 35.6 Å². The number of carbonyl (C=O) groups excluding carboxylic acids is 3. The van der Waals surface area contributed by atoms with Crippen LogP contribution in [0, 0.1) is 13.8 Å². The fourth-order valence-electron chi connectivity index (χ4n) is 9.89. The van der Waals surface area contributed by atoms with Crippen LogP contribution in [0.4, 0.5) is 13.6 Å². The Balaban J connectivity index is 0.000000326. The average Bonchev–Trinajstić information content (AvgIpc) is 1.75. The number of carbonyl (C=O) groups is 3. The minimum absolute atomic E-state index is 0. The van der Waals surface area contributed by atoms with Crippen molar-refractivity contribution in [2.45, 2.75) is 76.2 Å². The Morgan fingerprint density at radius 3 is 1.43 bits per heavy atom. The molecule has 0 saturated carbocycles. The summed E-state index contributed by atoms with van der Waals surface area (Å²) in [7, 11) is 1.77. The first kappa shape index (κ1) is 68.7. The number of nitrogens with one attached hydrogen (secondary N) is 1. The van der Waals surface area contributed by atoms with E-state index in [1.54, 1.807) is 169 Å². The Kier molecular flexibility index (Phi) is 22.7. The van der Waals surface area contributed by atoms with E-state index >= 15 is 4.39 Å². The maximum atomic E-state index is 15.6. The van der Waals surface area contributed by atoms with E-state index in [2.05, 4.69) is 5.32 Å². The molecule has 0 aliphatic rings. The van der Waals surface area contributed by atoms with Crippen molar-refractivity contribution in [3.8, 4) is 33.8 Å². The number of halogens is 3. The smallest absolute Gasteiger partial charge is 0.407 e. The number of amides is 3. The van der Waals surface area contributed by atoms with Crippen LogP contribution >= 0.6 is 12.4 Å². The first-order valence-electron chi connectivity index (χ1n) is 27.6. The number of nitrogens with two attached hydrogens (primary N) is 2. The van der Waals surface area contributed by atoms with Gasteiger partial charge in [0, 0.05) is 110 Å². The number of ether oxygens (including phenoxy) is 3. The van der Waals surface area contributed by atoms with Crippen molar-refractivity contribution in [1.29, 1.82) is 0 Å². The van der Waals surface area contributed by atoms with E-state index in [0.29, 0.717) is 72.4 Å². The predicted molar refractivity (Wildman–Crippen MR) is 343 cm³/mol. The van der Waals surface area contributed by atoms with Crippen LogP contribution in [0.1, 0.15) is 64.0 Å². The van der Waals surface area contributed by atoms with Crippen LogP contribution in [0.25, 0.3) is 44.1 Å². The van der Waals surface area contributed by atoms with Crippen LogP contribution < -0.4 is 25.7 Å². The summed E-state index contributed by atoms with van der Waals surface area (Å²) in [5.41, 5.74) is 12.4. The number of allylic oxidation sites excluding steroid dienone is 2. The van der Waals surface area contributed by atoms with Crippen molar-refractivity contribution in [1.82, 2.24) is 28.6 Å². The van der Waals surface area contributed by atoms with Gasteiger partial charge in [0.25, 0.3) is 11.8 Å². The Morgan fingerprint density at radius 2 is 1.03 bits per heavy atom. The molecule has 3 amide bonds. The van der Waals surface area contributed by atoms with Crippen molar-refractivity contribution in [2.75, 3.05) is 55.5 Å². The molecule has 0 unspecified atom stereocenters. The molecule has 23 heteroatoms. The molecule has 0 aliphatic carbocycles. The summed E-state index contributed by atoms with van der Waals surface area (Å²) in [6, 6.07) is 37.8. The van der Waals surface area contributed by atoms with Gasteiger partial charge in [-0.05, 0) is 154 Å². The second-order valence-electron chi connectivity index (χ2n) is 21.9. The lowest BCUT2D eigenvalue weighted by Gasteiger charge is -2.23. The molecular weight excluding hydrogens is 1190 g/mol. The van der Waals surface area contributed by atoms with Crippen molar-refractivity contribution < 1.29 is 54.2 Å². The SMILES string of the molecule is COc1ccc(CN(Cc2ccc(OC)cc2)S(=O)(=O)c2cccc(-c3c(C)n(C/C(F)=C/CNC(=O)OC(C)(C)C)c4ccc(C(=O)N(C)C)cc34)c2)cc1.Cc1c(-c2cccc(S(N)(=O)=O)c2)c2cc(C(=O)N(C)C)ccc2n1C/C(F)=C/CN.Cl. The number of benzene rings is 6. The van der Waals surface area contributed by atoms with Crippen molar-refractivity contribution >= 4 is 72.2 Å². The van der Waals surface area contributed by atoms with Gasteiger partial charge in [-0.1, -0.05) is 48.5 Å². The van der Waals surface area contributed by atoms with Gasteiger partial charge in [-0.3, -0.25) is 9.59 Å². The van der Waals surface area contributed by atoms with Gasteiger partial charge in [0.2, 0.25) is 20.0 Å². The Morgan fingerprint density at radius 1 is 0.614 bits per heavy atom. The van der Waals surface area contributed by atoms with Gasteiger partial charge < -0.3 is 44.2 Å². The van der Waals surface area contributed by atoms with Gasteiger partial charge in [-0.15, -0.1) is 12.4 Å². The molecule has 0 atom stereocenters. The lowest BCUT2D eigenvalue weighted by atomic mass is 10.0. The minimum Gasteiger partial charge on any atom is -0.497 e. The largest absolute Gasteiger partial charge is 0.497 e. The summed E-state index contributed by atoms with van der Waals surface area (Å²) in [6.07, 6.45) is 1.91. The molecule has 8 aromatic rings. The van der Waals surface area contributed by atoms with Gasteiger partial charge >= 0.3 is 6.09 Å². The number of fused-ring (bicyclic) bond motifs is 2.